The number of Topliss-reactive ketones (excluding diaryl/α,β-unsaturated/α-hetero) is 2. The van der Waals surface area contributed by atoms with Crippen LogP contribution in [0.1, 0.15) is 27.1 Å². The van der Waals surface area contributed by atoms with Crippen molar-refractivity contribution in [3.8, 4) is 5.75 Å². The second kappa shape index (κ2) is 8.81. The lowest BCUT2D eigenvalue weighted by Crippen LogP contribution is -2.32. The molecule has 0 amide bonds. The summed E-state index contributed by atoms with van der Waals surface area (Å²) in [6.45, 7) is 0. The van der Waals surface area contributed by atoms with Crippen LogP contribution in [0.5, 0.6) is 5.75 Å². The Morgan fingerprint density at radius 3 is 1.93 bits per heavy atom. The van der Waals surface area contributed by atoms with E-state index in [1.54, 1.807) is 31.4 Å². The highest BCUT2D eigenvalue weighted by Crippen LogP contribution is 2.19. The van der Waals surface area contributed by atoms with Gasteiger partial charge in [0.2, 0.25) is 0 Å². The van der Waals surface area contributed by atoms with Crippen molar-refractivity contribution in [3.63, 3.8) is 0 Å². The third-order valence-electron chi connectivity index (χ3n) is 4.29. The van der Waals surface area contributed by atoms with Crippen molar-refractivity contribution < 1.29 is 14.3 Å². The van der Waals surface area contributed by atoms with Gasteiger partial charge in [0.05, 0.1) is 13.2 Å². The van der Waals surface area contributed by atoms with Gasteiger partial charge in [-0.1, -0.05) is 60.7 Å². The molecule has 0 bridgehead atoms. The van der Waals surface area contributed by atoms with Crippen molar-refractivity contribution in [3.05, 3.63) is 96.1 Å². The molecule has 136 valence electrons. The molecule has 3 rings (SSSR count). The van der Waals surface area contributed by atoms with Gasteiger partial charge < -0.3 is 10.1 Å². The number of carbonyl (C=O) groups is 2. The molecule has 0 aliphatic heterocycles. The van der Waals surface area contributed by atoms with E-state index in [4.69, 9.17) is 4.74 Å². The van der Waals surface area contributed by atoms with Crippen LogP contribution in [0.3, 0.4) is 0 Å². The number of benzene rings is 3. The van der Waals surface area contributed by atoms with Crippen molar-refractivity contribution >= 4 is 17.3 Å². The van der Waals surface area contributed by atoms with Crippen LogP contribution in [0.25, 0.3) is 0 Å². The van der Waals surface area contributed by atoms with Crippen molar-refractivity contribution in [1.29, 1.82) is 0 Å². The number of hydrogen-bond acceptors (Lipinski definition) is 4. The normalized spacial score (nSPS) is 11.4. The van der Waals surface area contributed by atoms with Crippen LogP contribution in [-0.4, -0.2) is 24.7 Å². The molecule has 0 radical (unpaired) electrons. The average molecular weight is 359 g/mol. The maximum atomic E-state index is 13.0. The molecule has 0 aliphatic carbocycles. The summed E-state index contributed by atoms with van der Waals surface area (Å²) in [5.41, 5.74) is 1.93. The Balaban J connectivity index is 1.83. The van der Waals surface area contributed by atoms with Crippen LogP contribution in [0.4, 0.5) is 5.69 Å². The van der Waals surface area contributed by atoms with E-state index < -0.39 is 6.04 Å². The third kappa shape index (κ3) is 4.82. The molecule has 0 heterocycles. The number of nitrogens with one attached hydrogen (secondary N) is 1. The lowest BCUT2D eigenvalue weighted by atomic mass is 9.96. The van der Waals surface area contributed by atoms with Gasteiger partial charge in [-0.05, 0) is 24.3 Å². The monoisotopic (exact) mass is 359 g/mol. The Kier molecular flexibility index (Phi) is 6.00. The molecule has 0 fully saturated rings. The molecule has 4 heteroatoms. The summed E-state index contributed by atoms with van der Waals surface area (Å²) in [6.07, 6.45) is 0.0732. The summed E-state index contributed by atoms with van der Waals surface area (Å²) in [7, 11) is 1.60. The molecule has 0 aliphatic rings. The molecule has 27 heavy (non-hydrogen) atoms. The van der Waals surface area contributed by atoms with Crippen LogP contribution in [-0.2, 0) is 0 Å². The molecule has 1 unspecified atom stereocenters. The predicted molar refractivity (Wildman–Crippen MR) is 107 cm³/mol. The van der Waals surface area contributed by atoms with E-state index in [0.717, 1.165) is 11.4 Å². The molecule has 0 spiro atoms. The number of methoxy groups -OCH3 is 1. The molecule has 4 nitrogen and oxygen atoms in total. The molecule has 1 N–H and O–H groups in total. The van der Waals surface area contributed by atoms with E-state index >= 15 is 0 Å². The van der Waals surface area contributed by atoms with Crippen LogP contribution >= 0.6 is 0 Å². The van der Waals surface area contributed by atoms with Crippen LogP contribution < -0.4 is 10.1 Å². The SMILES string of the molecule is COc1ccc(NC(CC(=O)c2ccccc2)C(=O)c2ccccc2)cc1. The van der Waals surface area contributed by atoms with E-state index in [9.17, 15) is 9.59 Å². The fourth-order valence-corrected chi connectivity index (χ4v) is 2.83. The number of rotatable bonds is 8. The summed E-state index contributed by atoms with van der Waals surface area (Å²) < 4.78 is 5.16. The molecule has 0 saturated heterocycles. The first-order valence-corrected chi connectivity index (χ1v) is 8.75. The average Bonchev–Trinajstić information content (AvgIpc) is 2.74. The summed E-state index contributed by atoms with van der Waals surface area (Å²) in [5.74, 6) is 0.536. The molecule has 3 aromatic carbocycles. The summed E-state index contributed by atoms with van der Waals surface area (Å²) in [4.78, 5) is 25.7. The van der Waals surface area contributed by atoms with Gasteiger partial charge in [0.15, 0.2) is 11.6 Å². The van der Waals surface area contributed by atoms with Crippen molar-refractivity contribution in [2.45, 2.75) is 12.5 Å². The number of ketones is 2. The Labute approximate surface area is 158 Å². The van der Waals surface area contributed by atoms with Crippen LogP contribution in [0.15, 0.2) is 84.9 Å². The highest BCUT2D eigenvalue weighted by Gasteiger charge is 2.23. The van der Waals surface area contributed by atoms with Gasteiger partial charge in [-0.15, -0.1) is 0 Å². The van der Waals surface area contributed by atoms with Gasteiger partial charge in [-0.25, -0.2) is 0 Å². The Hall–Kier alpha value is -3.40. The second-order valence-electron chi connectivity index (χ2n) is 6.15. The van der Waals surface area contributed by atoms with Gasteiger partial charge in [0, 0.05) is 23.2 Å². The zero-order valence-electron chi connectivity index (χ0n) is 15.1. The van der Waals surface area contributed by atoms with E-state index in [-0.39, 0.29) is 18.0 Å². The predicted octanol–water partition coefficient (Wildman–Crippen LogP) is 4.63. The summed E-state index contributed by atoms with van der Waals surface area (Å²) in [6, 6.07) is 24.7. The standard InChI is InChI=1S/C23H21NO3/c1-27-20-14-12-19(13-15-20)24-21(23(26)18-10-6-3-7-11-18)16-22(25)17-8-4-2-5-9-17/h2-15,21,24H,16H2,1H3. The highest BCUT2D eigenvalue weighted by molar-refractivity contribution is 6.06. The molecule has 0 saturated carbocycles. The topological polar surface area (TPSA) is 55.4 Å². The maximum absolute atomic E-state index is 13.0. The minimum absolute atomic E-state index is 0.0732. The highest BCUT2D eigenvalue weighted by atomic mass is 16.5. The molecule has 1 atom stereocenters. The zero-order chi connectivity index (χ0) is 19.1. The van der Waals surface area contributed by atoms with E-state index in [2.05, 4.69) is 5.32 Å². The van der Waals surface area contributed by atoms with Crippen molar-refractivity contribution in [2.75, 3.05) is 12.4 Å². The van der Waals surface area contributed by atoms with Gasteiger partial charge in [-0.3, -0.25) is 9.59 Å². The quantitative estimate of drug-likeness (QED) is 0.596. The first-order valence-electron chi connectivity index (χ1n) is 8.75. The van der Waals surface area contributed by atoms with Crippen molar-refractivity contribution in [1.82, 2.24) is 0 Å². The Morgan fingerprint density at radius 2 is 1.37 bits per heavy atom. The fraction of sp³-hybridized carbons (Fsp3) is 0.130. The number of anilines is 1. The van der Waals surface area contributed by atoms with E-state index in [1.807, 2.05) is 60.7 Å². The van der Waals surface area contributed by atoms with E-state index in [1.165, 1.54) is 0 Å². The summed E-state index contributed by atoms with van der Waals surface area (Å²) in [5, 5.41) is 3.20. The molecular weight excluding hydrogens is 338 g/mol. The van der Waals surface area contributed by atoms with Crippen LogP contribution in [0, 0.1) is 0 Å². The molecule has 3 aromatic rings. The largest absolute Gasteiger partial charge is 0.497 e. The number of carbonyl (C=O) groups excluding carboxylic acids is 2. The minimum Gasteiger partial charge on any atom is -0.497 e. The first-order chi connectivity index (χ1) is 13.2. The smallest absolute Gasteiger partial charge is 0.185 e. The van der Waals surface area contributed by atoms with Gasteiger partial charge in [-0.2, -0.15) is 0 Å². The Morgan fingerprint density at radius 1 is 0.815 bits per heavy atom. The lowest BCUT2D eigenvalue weighted by Gasteiger charge is -2.19. The van der Waals surface area contributed by atoms with Crippen LogP contribution in [0.2, 0.25) is 0 Å². The maximum Gasteiger partial charge on any atom is 0.185 e. The minimum atomic E-state index is -0.659. The third-order valence-corrected chi connectivity index (χ3v) is 4.29. The van der Waals surface area contributed by atoms with Gasteiger partial charge >= 0.3 is 0 Å². The zero-order valence-corrected chi connectivity index (χ0v) is 15.1. The number of ether oxygens (including phenoxy) is 1. The Bertz CT molecular complexity index is 890. The van der Waals surface area contributed by atoms with Gasteiger partial charge in [0.25, 0.3) is 0 Å². The molecular formula is C23H21NO3. The number of hydrogen-bond donors (Lipinski definition) is 1. The first kappa shape index (κ1) is 18.4. The van der Waals surface area contributed by atoms with Crippen molar-refractivity contribution in [2.24, 2.45) is 0 Å². The molecule has 0 aromatic heterocycles. The fourth-order valence-electron chi connectivity index (χ4n) is 2.83. The lowest BCUT2D eigenvalue weighted by molar-refractivity contribution is 0.0904. The van der Waals surface area contributed by atoms with E-state index in [0.29, 0.717) is 11.1 Å². The second-order valence-corrected chi connectivity index (χ2v) is 6.15. The van der Waals surface area contributed by atoms with Gasteiger partial charge in [0.1, 0.15) is 5.75 Å². The summed E-state index contributed by atoms with van der Waals surface area (Å²) >= 11 is 0.